The highest BCUT2D eigenvalue weighted by Crippen LogP contribution is 2.16. The van der Waals surface area contributed by atoms with Gasteiger partial charge in [-0.15, -0.1) is 5.10 Å². The lowest BCUT2D eigenvalue weighted by atomic mass is 10.0. The van der Waals surface area contributed by atoms with E-state index in [9.17, 15) is 14.4 Å². The topological polar surface area (TPSA) is 147 Å². The lowest BCUT2D eigenvalue weighted by molar-refractivity contribution is -0.131. The number of esters is 1. The highest BCUT2D eigenvalue weighted by Gasteiger charge is 2.21. The van der Waals surface area contributed by atoms with E-state index in [1.807, 2.05) is 44.2 Å². The third kappa shape index (κ3) is 7.37. The molecule has 0 aliphatic heterocycles. The number of urea groups is 1. The summed E-state index contributed by atoms with van der Waals surface area (Å²) in [5, 5.41) is 22.2. The minimum atomic E-state index is -0.874. The lowest BCUT2D eigenvalue weighted by Gasteiger charge is -2.18. The van der Waals surface area contributed by atoms with Crippen LogP contribution in [0.1, 0.15) is 41.9 Å². The van der Waals surface area contributed by atoms with Crippen LogP contribution in [-0.4, -0.2) is 44.2 Å². The van der Waals surface area contributed by atoms with Crippen LogP contribution in [0.4, 0.5) is 4.79 Å². The molecule has 4 N–H and O–H groups in total. The molecule has 3 amide bonds. The van der Waals surface area contributed by atoms with Gasteiger partial charge >= 0.3 is 12.0 Å². The van der Waals surface area contributed by atoms with Gasteiger partial charge < -0.3 is 15.4 Å². The number of aromatic nitrogens is 3. The van der Waals surface area contributed by atoms with Crippen molar-refractivity contribution >= 4 is 17.9 Å². The second kappa shape index (κ2) is 12.3. The molecule has 0 bridgehead atoms. The Morgan fingerprint density at radius 2 is 1.77 bits per heavy atom. The molecule has 0 unspecified atom stereocenters. The fourth-order valence-electron chi connectivity index (χ4n) is 3.32. The van der Waals surface area contributed by atoms with Crippen molar-refractivity contribution in [2.45, 2.75) is 39.5 Å². The molecule has 0 fully saturated rings. The van der Waals surface area contributed by atoms with Crippen LogP contribution in [0.5, 0.6) is 0 Å². The summed E-state index contributed by atoms with van der Waals surface area (Å²) in [6.07, 6.45) is 2.01. The van der Waals surface area contributed by atoms with Gasteiger partial charge in [0.25, 0.3) is 5.91 Å². The zero-order valence-electron chi connectivity index (χ0n) is 19.5. The highest BCUT2D eigenvalue weighted by molar-refractivity contribution is 5.89. The molecular formula is C24H28N6O5. The summed E-state index contributed by atoms with van der Waals surface area (Å²) < 4.78 is 6.97. The van der Waals surface area contributed by atoms with Gasteiger partial charge in [-0.1, -0.05) is 55.5 Å². The summed E-state index contributed by atoms with van der Waals surface area (Å²) >= 11 is 0. The van der Waals surface area contributed by atoms with E-state index in [2.05, 4.69) is 20.9 Å². The summed E-state index contributed by atoms with van der Waals surface area (Å²) in [4.78, 5) is 36.3. The Hall–Kier alpha value is -4.25. The Bertz CT molecular complexity index is 1150. The van der Waals surface area contributed by atoms with Crippen molar-refractivity contribution in [1.82, 2.24) is 31.1 Å². The van der Waals surface area contributed by atoms with E-state index >= 15 is 0 Å². The number of carbonyl (C=O) groups is 3. The first-order chi connectivity index (χ1) is 16.9. The van der Waals surface area contributed by atoms with Crippen molar-refractivity contribution in [3.05, 3.63) is 77.6 Å². The van der Waals surface area contributed by atoms with Crippen LogP contribution in [0.2, 0.25) is 0 Å². The molecule has 2 aromatic carbocycles. The quantitative estimate of drug-likeness (QED) is 0.198. The van der Waals surface area contributed by atoms with Gasteiger partial charge in [0, 0.05) is 5.56 Å². The standard InChI is InChI=1S/C24H28N6O5/c1-16(2)12-20(22(31)28-34)26-24(33)25-13-19-14-30(29-27-19)21-11-7-6-10-18(21)15-35-23(32)17-8-4-3-5-9-17/h3-11,14,16,20,34H,12-13,15H2,1-2H3,(H,28,31)(H2,25,26,33)/t20-/m0/s1. The van der Waals surface area contributed by atoms with Gasteiger partial charge in [0.05, 0.1) is 24.0 Å². The Labute approximate surface area is 202 Å². The summed E-state index contributed by atoms with van der Waals surface area (Å²) in [6, 6.07) is 14.6. The van der Waals surface area contributed by atoms with Crippen molar-refractivity contribution in [1.29, 1.82) is 0 Å². The predicted molar refractivity (Wildman–Crippen MR) is 125 cm³/mol. The molecule has 3 rings (SSSR count). The highest BCUT2D eigenvalue weighted by atomic mass is 16.5. The first-order valence-corrected chi connectivity index (χ1v) is 11.1. The number of carbonyl (C=O) groups excluding carboxylic acids is 3. The zero-order valence-corrected chi connectivity index (χ0v) is 19.5. The van der Waals surface area contributed by atoms with Crippen molar-refractivity contribution in [3.8, 4) is 5.69 Å². The number of benzene rings is 2. The van der Waals surface area contributed by atoms with E-state index in [0.29, 0.717) is 23.4 Å². The third-order valence-corrected chi connectivity index (χ3v) is 5.02. The molecule has 0 radical (unpaired) electrons. The SMILES string of the molecule is CC(C)C[C@H](NC(=O)NCc1cn(-c2ccccc2COC(=O)c2ccccc2)nn1)C(=O)NO. The molecule has 0 saturated carbocycles. The molecule has 184 valence electrons. The molecule has 11 heteroatoms. The zero-order chi connectivity index (χ0) is 25.2. The molecular weight excluding hydrogens is 452 g/mol. The van der Waals surface area contributed by atoms with Gasteiger partial charge in [-0.25, -0.2) is 19.8 Å². The molecule has 1 aromatic heterocycles. The summed E-state index contributed by atoms with van der Waals surface area (Å²) in [7, 11) is 0. The Morgan fingerprint density at radius 1 is 1.06 bits per heavy atom. The number of hydrogen-bond acceptors (Lipinski definition) is 7. The first-order valence-electron chi connectivity index (χ1n) is 11.1. The van der Waals surface area contributed by atoms with Crippen LogP contribution in [0, 0.1) is 5.92 Å². The number of amides is 3. The molecule has 0 saturated heterocycles. The van der Waals surface area contributed by atoms with Crippen LogP contribution in [0.3, 0.4) is 0 Å². The molecule has 0 aliphatic carbocycles. The summed E-state index contributed by atoms with van der Waals surface area (Å²) in [6.45, 7) is 3.90. The molecule has 35 heavy (non-hydrogen) atoms. The van der Waals surface area contributed by atoms with Gasteiger partial charge in [0.2, 0.25) is 0 Å². The van der Waals surface area contributed by atoms with E-state index in [1.165, 1.54) is 4.68 Å². The number of nitrogens with one attached hydrogen (secondary N) is 3. The Kier molecular flexibility index (Phi) is 8.90. The monoisotopic (exact) mass is 480 g/mol. The van der Waals surface area contributed by atoms with Crippen molar-refractivity contribution < 1.29 is 24.3 Å². The Morgan fingerprint density at radius 3 is 2.49 bits per heavy atom. The number of hydroxylamine groups is 1. The van der Waals surface area contributed by atoms with Crippen molar-refractivity contribution in [2.75, 3.05) is 0 Å². The number of nitrogens with zero attached hydrogens (tertiary/aromatic N) is 3. The number of hydrogen-bond donors (Lipinski definition) is 4. The molecule has 1 atom stereocenters. The van der Waals surface area contributed by atoms with E-state index in [4.69, 9.17) is 9.94 Å². The number of rotatable bonds is 10. The fraction of sp³-hybridized carbons (Fsp3) is 0.292. The van der Waals surface area contributed by atoms with Crippen LogP contribution < -0.4 is 16.1 Å². The molecule has 3 aromatic rings. The summed E-state index contributed by atoms with van der Waals surface area (Å²) in [5.41, 5.74) is 3.90. The predicted octanol–water partition coefficient (Wildman–Crippen LogP) is 2.34. The van der Waals surface area contributed by atoms with E-state index in [-0.39, 0.29) is 19.1 Å². The molecule has 11 nitrogen and oxygen atoms in total. The maximum Gasteiger partial charge on any atom is 0.338 e. The second-order valence-corrected chi connectivity index (χ2v) is 8.21. The largest absolute Gasteiger partial charge is 0.457 e. The smallest absolute Gasteiger partial charge is 0.338 e. The molecule has 1 heterocycles. The van der Waals surface area contributed by atoms with Crippen LogP contribution in [-0.2, 0) is 22.7 Å². The number of ether oxygens (including phenoxy) is 1. The van der Waals surface area contributed by atoms with Crippen LogP contribution >= 0.6 is 0 Å². The second-order valence-electron chi connectivity index (χ2n) is 8.21. The fourth-order valence-corrected chi connectivity index (χ4v) is 3.32. The molecule has 0 spiro atoms. The maximum absolute atomic E-state index is 12.3. The normalized spacial score (nSPS) is 11.5. The van der Waals surface area contributed by atoms with E-state index in [0.717, 1.165) is 5.56 Å². The van der Waals surface area contributed by atoms with Crippen LogP contribution in [0.15, 0.2) is 60.8 Å². The van der Waals surface area contributed by atoms with E-state index < -0.39 is 23.9 Å². The lowest BCUT2D eigenvalue weighted by Crippen LogP contribution is -2.49. The van der Waals surface area contributed by atoms with Gasteiger partial charge in [0.15, 0.2) is 0 Å². The average Bonchev–Trinajstić information content (AvgIpc) is 3.34. The van der Waals surface area contributed by atoms with Gasteiger partial charge in [-0.05, 0) is 30.5 Å². The van der Waals surface area contributed by atoms with Gasteiger partial charge in [0.1, 0.15) is 18.3 Å². The Balaban J connectivity index is 1.60. The minimum absolute atomic E-state index is 0.0455. The van der Waals surface area contributed by atoms with Crippen LogP contribution in [0.25, 0.3) is 5.69 Å². The molecule has 0 aliphatic rings. The average molecular weight is 481 g/mol. The maximum atomic E-state index is 12.3. The summed E-state index contributed by atoms with van der Waals surface area (Å²) in [5.74, 6) is -0.991. The van der Waals surface area contributed by atoms with Crippen molar-refractivity contribution in [3.63, 3.8) is 0 Å². The van der Waals surface area contributed by atoms with Gasteiger partial charge in [-0.2, -0.15) is 0 Å². The van der Waals surface area contributed by atoms with E-state index in [1.54, 1.807) is 35.9 Å². The van der Waals surface area contributed by atoms with Gasteiger partial charge in [-0.3, -0.25) is 10.0 Å². The minimum Gasteiger partial charge on any atom is -0.457 e. The third-order valence-electron chi connectivity index (χ3n) is 5.02. The van der Waals surface area contributed by atoms with Crippen molar-refractivity contribution in [2.24, 2.45) is 5.92 Å². The number of para-hydroxylation sites is 1. The first kappa shape index (κ1) is 25.4.